The molecule has 1 aromatic carbocycles. The summed E-state index contributed by atoms with van der Waals surface area (Å²) in [6, 6.07) is 9.38. The first kappa shape index (κ1) is 20.1. The molecule has 1 aromatic heterocycles. The van der Waals surface area contributed by atoms with E-state index in [0.29, 0.717) is 43.4 Å². The van der Waals surface area contributed by atoms with Gasteiger partial charge in [-0.05, 0) is 32.0 Å². The topological polar surface area (TPSA) is 78.4 Å². The summed E-state index contributed by atoms with van der Waals surface area (Å²) < 4.78 is 0. The third kappa shape index (κ3) is 5.22. The zero-order chi connectivity index (χ0) is 19.9. The molecule has 0 spiro atoms. The lowest BCUT2D eigenvalue weighted by atomic mass is 10.2. The second-order valence-corrected chi connectivity index (χ2v) is 7.85. The molecule has 1 aliphatic heterocycles. The molecular weight excluding hydrogens is 374 g/mol. The fourth-order valence-electron chi connectivity index (χ4n) is 3.01. The van der Waals surface area contributed by atoms with E-state index in [0.717, 1.165) is 4.90 Å². The van der Waals surface area contributed by atoms with E-state index >= 15 is 0 Å². The SMILES string of the molecule is CC(C)NC(=O)CSc1ccccc1C(=O)N1CCN(c2ncccn2)CC1. The van der Waals surface area contributed by atoms with Gasteiger partial charge in [0.15, 0.2) is 0 Å². The molecule has 1 fully saturated rings. The molecule has 8 heteroatoms. The molecule has 2 aromatic rings. The van der Waals surface area contributed by atoms with Gasteiger partial charge in [0, 0.05) is 49.5 Å². The number of nitrogens with zero attached hydrogens (tertiary/aromatic N) is 4. The van der Waals surface area contributed by atoms with Gasteiger partial charge in [-0.2, -0.15) is 0 Å². The standard InChI is InChI=1S/C20H25N5O2S/c1-15(2)23-18(26)14-28-17-7-4-3-6-16(17)19(27)24-10-12-25(13-11-24)20-21-8-5-9-22-20/h3-9,15H,10-14H2,1-2H3,(H,23,26). The highest BCUT2D eigenvalue weighted by atomic mass is 32.2. The van der Waals surface area contributed by atoms with Crippen molar-refractivity contribution in [1.82, 2.24) is 20.2 Å². The molecule has 148 valence electrons. The van der Waals surface area contributed by atoms with E-state index in [4.69, 9.17) is 0 Å². The monoisotopic (exact) mass is 399 g/mol. The first-order valence-electron chi connectivity index (χ1n) is 9.37. The van der Waals surface area contributed by atoms with Gasteiger partial charge < -0.3 is 15.1 Å². The molecule has 7 nitrogen and oxygen atoms in total. The number of hydrogen-bond donors (Lipinski definition) is 1. The number of anilines is 1. The molecule has 0 radical (unpaired) electrons. The van der Waals surface area contributed by atoms with Gasteiger partial charge >= 0.3 is 0 Å². The van der Waals surface area contributed by atoms with Crippen molar-refractivity contribution in [3.8, 4) is 0 Å². The fourth-order valence-corrected chi connectivity index (χ4v) is 3.87. The average Bonchev–Trinajstić information content (AvgIpc) is 2.72. The highest BCUT2D eigenvalue weighted by Gasteiger charge is 2.25. The van der Waals surface area contributed by atoms with E-state index in [-0.39, 0.29) is 17.9 Å². The third-order valence-electron chi connectivity index (χ3n) is 4.33. The van der Waals surface area contributed by atoms with Gasteiger partial charge in [0.1, 0.15) is 0 Å². The number of thioether (sulfide) groups is 1. The first-order chi connectivity index (χ1) is 13.5. The van der Waals surface area contributed by atoms with Gasteiger partial charge in [-0.1, -0.05) is 12.1 Å². The van der Waals surface area contributed by atoms with E-state index in [1.807, 2.05) is 43.0 Å². The molecule has 1 aliphatic rings. The molecule has 3 rings (SSSR count). The van der Waals surface area contributed by atoms with Crippen LogP contribution >= 0.6 is 11.8 Å². The van der Waals surface area contributed by atoms with Crippen molar-refractivity contribution >= 4 is 29.5 Å². The summed E-state index contributed by atoms with van der Waals surface area (Å²) in [5.41, 5.74) is 0.647. The van der Waals surface area contributed by atoms with Crippen molar-refractivity contribution in [2.75, 3.05) is 36.8 Å². The van der Waals surface area contributed by atoms with E-state index in [1.165, 1.54) is 11.8 Å². The maximum Gasteiger partial charge on any atom is 0.255 e. The first-order valence-corrected chi connectivity index (χ1v) is 10.4. The van der Waals surface area contributed by atoms with Crippen molar-refractivity contribution in [3.63, 3.8) is 0 Å². The Kier molecular flexibility index (Phi) is 6.86. The van der Waals surface area contributed by atoms with Gasteiger partial charge in [0.25, 0.3) is 5.91 Å². The van der Waals surface area contributed by atoms with Crippen molar-refractivity contribution in [2.45, 2.75) is 24.8 Å². The summed E-state index contributed by atoms with van der Waals surface area (Å²) in [5.74, 6) is 0.961. The smallest absolute Gasteiger partial charge is 0.255 e. The number of aromatic nitrogens is 2. The van der Waals surface area contributed by atoms with Gasteiger partial charge in [-0.3, -0.25) is 9.59 Å². The van der Waals surface area contributed by atoms with Gasteiger partial charge in [0.05, 0.1) is 11.3 Å². The van der Waals surface area contributed by atoms with Crippen LogP contribution < -0.4 is 10.2 Å². The second kappa shape index (κ2) is 9.54. The minimum atomic E-state index is -0.0290. The Hall–Kier alpha value is -2.61. The zero-order valence-electron chi connectivity index (χ0n) is 16.2. The maximum atomic E-state index is 13.0. The van der Waals surface area contributed by atoms with Gasteiger partial charge in [0.2, 0.25) is 11.9 Å². The van der Waals surface area contributed by atoms with Crippen LogP contribution in [0.4, 0.5) is 5.95 Å². The number of benzene rings is 1. The number of hydrogen-bond acceptors (Lipinski definition) is 6. The summed E-state index contributed by atoms with van der Waals surface area (Å²) in [4.78, 5) is 38.3. The molecule has 1 N–H and O–H groups in total. The van der Waals surface area contributed by atoms with Gasteiger partial charge in [-0.15, -0.1) is 11.8 Å². The Labute approximate surface area is 169 Å². The van der Waals surface area contributed by atoms with Crippen LogP contribution in [0.3, 0.4) is 0 Å². The minimum absolute atomic E-state index is 0.000924. The van der Waals surface area contributed by atoms with Crippen molar-refractivity contribution < 1.29 is 9.59 Å². The summed E-state index contributed by atoms with van der Waals surface area (Å²) >= 11 is 1.40. The molecule has 2 heterocycles. The highest BCUT2D eigenvalue weighted by molar-refractivity contribution is 8.00. The predicted molar refractivity (Wildman–Crippen MR) is 111 cm³/mol. The summed E-state index contributed by atoms with van der Waals surface area (Å²) in [6.45, 7) is 6.48. The van der Waals surface area contributed by atoms with Crippen LogP contribution in [0.2, 0.25) is 0 Å². The zero-order valence-corrected chi connectivity index (χ0v) is 17.0. The van der Waals surface area contributed by atoms with Gasteiger partial charge in [-0.25, -0.2) is 9.97 Å². The van der Waals surface area contributed by atoms with Crippen molar-refractivity contribution in [1.29, 1.82) is 0 Å². The van der Waals surface area contributed by atoms with Crippen molar-refractivity contribution in [3.05, 3.63) is 48.3 Å². The lowest BCUT2D eigenvalue weighted by molar-refractivity contribution is -0.119. The summed E-state index contributed by atoms with van der Waals surface area (Å²) in [7, 11) is 0. The molecule has 28 heavy (non-hydrogen) atoms. The maximum absolute atomic E-state index is 13.0. The Balaban J connectivity index is 1.61. The normalized spacial score (nSPS) is 14.2. The van der Waals surface area contributed by atoms with Crippen LogP contribution in [0.1, 0.15) is 24.2 Å². The fraction of sp³-hybridized carbons (Fsp3) is 0.400. The number of rotatable bonds is 6. The number of carbonyl (C=O) groups excluding carboxylic acids is 2. The number of carbonyl (C=O) groups is 2. The lowest BCUT2D eigenvalue weighted by Gasteiger charge is -2.35. The number of piperazine rings is 1. The van der Waals surface area contributed by atoms with E-state index in [9.17, 15) is 9.59 Å². The molecule has 0 saturated carbocycles. The molecule has 0 atom stereocenters. The van der Waals surface area contributed by atoms with Crippen LogP contribution in [0.25, 0.3) is 0 Å². The Morgan fingerprint density at radius 1 is 1.07 bits per heavy atom. The average molecular weight is 400 g/mol. The molecular formula is C20H25N5O2S. The third-order valence-corrected chi connectivity index (χ3v) is 5.40. The van der Waals surface area contributed by atoms with E-state index in [1.54, 1.807) is 18.5 Å². The van der Waals surface area contributed by atoms with Crippen molar-refractivity contribution in [2.24, 2.45) is 0 Å². The number of nitrogens with one attached hydrogen (secondary N) is 1. The molecule has 0 unspecified atom stereocenters. The molecule has 1 saturated heterocycles. The Morgan fingerprint density at radius 2 is 1.75 bits per heavy atom. The molecule has 2 amide bonds. The van der Waals surface area contributed by atoms with E-state index < -0.39 is 0 Å². The van der Waals surface area contributed by atoms with Crippen LogP contribution in [0.15, 0.2) is 47.6 Å². The highest BCUT2D eigenvalue weighted by Crippen LogP contribution is 2.24. The second-order valence-electron chi connectivity index (χ2n) is 6.84. The largest absolute Gasteiger partial charge is 0.353 e. The van der Waals surface area contributed by atoms with E-state index in [2.05, 4.69) is 20.2 Å². The quantitative estimate of drug-likeness (QED) is 0.749. The lowest BCUT2D eigenvalue weighted by Crippen LogP contribution is -2.49. The van der Waals surface area contributed by atoms with Crippen LogP contribution in [0.5, 0.6) is 0 Å². The Bertz CT molecular complexity index is 807. The van der Waals surface area contributed by atoms with Crippen LogP contribution in [-0.4, -0.2) is 64.7 Å². The molecule has 0 aliphatic carbocycles. The minimum Gasteiger partial charge on any atom is -0.353 e. The van der Waals surface area contributed by atoms with Crippen LogP contribution in [-0.2, 0) is 4.79 Å². The summed E-state index contributed by atoms with van der Waals surface area (Å²) in [6.07, 6.45) is 3.45. The van der Waals surface area contributed by atoms with Crippen LogP contribution in [0, 0.1) is 0 Å². The summed E-state index contributed by atoms with van der Waals surface area (Å²) in [5, 5.41) is 2.87. The molecule has 0 bridgehead atoms. The number of amides is 2. The predicted octanol–water partition coefficient (Wildman–Crippen LogP) is 2.06. The Morgan fingerprint density at radius 3 is 2.43 bits per heavy atom.